The lowest BCUT2D eigenvalue weighted by molar-refractivity contribution is 0.101. The van der Waals surface area contributed by atoms with Gasteiger partial charge in [-0.15, -0.1) is 0 Å². The summed E-state index contributed by atoms with van der Waals surface area (Å²) in [4.78, 5) is 4.60. The number of nitrogens with zero attached hydrogens (tertiary/aromatic N) is 1. The van der Waals surface area contributed by atoms with Crippen LogP contribution in [-0.2, 0) is 4.74 Å². The van der Waals surface area contributed by atoms with Crippen LogP contribution < -0.4 is 5.32 Å². The summed E-state index contributed by atoms with van der Waals surface area (Å²) in [7, 11) is 1.79. The molecule has 2 atom stereocenters. The number of nitrogens with one attached hydrogen (secondary N) is 1. The van der Waals surface area contributed by atoms with Gasteiger partial charge in [-0.3, -0.25) is 0 Å². The molecule has 3 rings (SSSR count). The van der Waals surface area contributed by atoms with E-state index in [1.807, 2.05) is 6.07 Å². The standard InChI is InChI=1S/C13H16N2OS/c1-16-11-7-4-6-9(11)14-13-15-10-5-2-3-8-12(10)17-13/h2-3,5,8-9,11H,4,6-7H2,1H3,(H,14,15). The highest BCUT2D eigenvalue weighted by Crippen LogP contribution is 2.30. The summed E-state index contributed by atoms with van der Waals surface area (Å²) in [5.74, 6) is 0. The quantitative estimate of drug-likeness (QED) is 0.905. The second-order valence-corrected chi connectivity index (χ2v) is 5.47. The second kappa shape index (κ2) is 4.63. The lowest BCUT2D eigenvalue weighted by Crippen LogP contribution is -2.29. The van der Waals surface area contributed by atoms with Gasteiger partial charge in [-0.1, -0.05) is 23.5 Å². The van der Waals surface area contributed by atoms with Gasteiger partial charge in [0.05, 0.1) is 22.4 Å². The number of hydrogen-bond acceptors (Lipinski definition) is 4. The molecule has 4 heteroatoms. The third-order valence-electron chi connectivity index (χ3n) is 3.36. The highest BCUT2D eigenvalue weighted by Gasteiger charge is 2.27. The van der Waals surface area contributed by atoms with E-state index in [-0.39, 0.29) is 0 Å². The molecule has 2 aromatic rings. The lowest BCUT2D eigenvalue weighted by Gasteiger charge is -2.18. The third-order valence-corrected chi connectivity index (χ3v) is 4.33. The van der Waals surface area contributed by atoms with Gasteiger partial charge in [0.2, 0.25) is 0 Å². The molecule has 1 N–H and O–H groups in total. The largest absolute Gasteiger partial charge is 0.379 e. The Labute approximate surface area is 105 Å². The van der Waals surface area contributed by atoms with Crippen molar-refractivity contribution in [2.45, 2.75) is 31.4 Å². The number of anilines is 1. The summed E-state index contributed by atoms with van der Waals surface area (Å²) < 4.78 is 6.72. The van der Waals surface area contributed by atoms with Crippen LogP contribution in [-0.4, -0.2) is 24.2 Å². The zero-order valence-electron chi connectivity index (χ0n) is 9.85. The van der Waals surface area contributed by atoms with Crippen LogP contribution in [0.5, 0.6) is 0 Å². The van der Waals surface area contributed by atoms with Crippen LogP contribution in [0.3, 0.4) is 0 Å². The van der Waals surface area contributed by atoms with Crippen molar-refractivity contribution >= 4 is 26.7 Å². The first kappa shape index (κ1) is 11.0. The van der Waals surface area contributed by atoms with Crippen molar-refractivity contribution in [3.63, 3.8) is 0 Å². The molecule has 2 unspecified atom stereocenters. The van der Waals surface area contributed by atoms with E-state index in [2.05, 4.69) is 28.5 Å². The molecule has 1 aliphatic rings. The molecule has 1 aromatic heterocycles. The monoisotopic (exact) mass is 248 g/mol. The smallest absolute Gasteiger partial charge is 0.184 e. The van der Waals surface area contributed by atoms with Crippen LogP contribution >= 0.6 is 11.3 Å². The molecule has 1 saturated carbocycles. The maximum atomic E-state index is 5.48. The van der Waals surface area contributed by atoms with Crippen molar-refractivity contribution in [1.82, 2.24) is 4.98 Å². The first-order valence-electron chi connectivity index (χ1n) is 6.02. The summed E-state index contributed by atoms with van der Waals surface area (Å²) in [6.45, 7) is 0. The van der Waals surface area contributed by atoms with Gasteiger partial charge < -0.3 is 10.1 Å². The topological polar surface area (TPSA) is 34.1 Å². The Hall–Kier alpha value is -1.13. The SMILES string of the molecule is COC1CCCC1Nc1nc2ccccc2s1. The minimum atomic E-state index is 0.335. The summed E-state index contributed by atoms with van der Waals surface area (Å²) in [5.41, 5.74) is 1.08. The molecule has 17 heavy (non-hydrogen) atoms. The first-order chi connectivity index (χ1) is 8.36. The number of ether oxygens (including phenoxy) is 1. The van der Waals surface area contributed by atoms with Gasteiger partial charge in [-0.2, -0.15) is 0 Å². The molecule has 0 aliphatic heterocycles. The predicted octanol–water partition coefficient (Wildman–Crippen LogP) is 3.28. The number of thiazole rings is 1. The van der Waals surface area contributed by atoms with E-state index in [1.165, 1.54) is 17.5 Å². The van der Waals surface area contributed by atoms with Gasteiger partial charge >= 0.3 is 0 Å². The fraction of sp³-hybridized carbons (Fsp3) is 0.462. The maximum Gasteiger partial charge on any atom is 0.184 e. The number of fused-ring (bicyclic) bond motifs is 1. The molecule has 0 bridgehead atoms. The van der Waals surface area contributed by atoms with Crippen LogP contribution in [0, 0.1) is 0 Å². The molecule has 1 fully saturated rings. The molecular weight excluding hydrogens is 232 g/mol. The average molecular weight is 248 g/mol. The molecule has 1 heterocycles. The van der Waals surface area contributed by atoms with Gasteiger partial charge in [0, 0.05) is 7.11 Å². The normalized spacial score (nSPS) is 24.3. The van der Waals surface area contributed by atoms with Crippen molar-refractivity contribution in [1.29, 1.82) is 0 Å². The molecule has 1 aliphatic carbocycles. The van der Waals surface area contributed by atoms with Crippen LogP contribution in [0.2, 0.25) is 0 Å². The molecular formula is C13H16N2OS. The highest BCUT2D eigenvalue weighted by atomic mass is 32.1. The molecule has 0 spiro atoms. The Morgan fingerprint density at radius 2 is 2.24 bits per heavy atom. The van der Waals surface area contributed by atoms with Crippen molar-refractivity contribution in [2.24, 2.45) is 0 Å². The Morgan fingerprint density at radius 1 is 1.35 bits per heavy atom. The number of benzene rings is 1. The van der Waals surface area contributed by atoms with Crippen LogP contribution in [0.4, 0.5) is 5.13 Å². The Bertz CT molecular complexity index is 478. The maximum absolute atomic E-state index is 5.48. The third kappa shape index (κ3) is 2.15. The van der Waals surface area contributed by atoms with Gasteiger partial charge in [-0.25, -0.2) is 4.98 Å². The van der Waals surface area contributed by atoms with Crippen molar-refractivity contribution < 1.29 is 4.74 Å². The Kier molecular flexibility index (Phi) is 2.99. The molecule has 90 valence electrons. The number of rotatable bonds is 3. The van der Waals surface area contributed by atoms with Crippen molar-refractivity contribution in [3.8, 4) is 0 Å². The van der Waals surface area contributed by atoms with Crippen LogP contribution in [0.1, 0.15) is 19.3 Å². The zero-order valence-corrected chi connectivity index (χ0v) is 10.7. The van der Waals surface area contributed by atoms with E-state index in [0.29, 0.717) is 12.1 Å². The van der Waals surface area contributed by atoms with Gasteiger partial charge in [0.1, 0.15) is 0 Å². The molecule has 3 nitrogen and oxygen atoms in total. The van der Waals surface area contributed by atoms with E-state index in [9.17, 15) is 0 Å². The van der Waals surface area contributed by atoms with E-state index in [0.717, 1.165) is 17.1 Å². The summed E-state index contributed by atoms with van der Waals surface area (Å²) in [6, 6.07) is 8.66. The summed E-state index contributed by atoms with van der Waals surface area (Å²) >= 11 is 1.72. The minimum absolute atomic E-state index is 0.335. The van der Waals surface area contributed by atoms with Crippen molar-refractivity contribution in [3.05, 3.63) is 24.3 Å². The lowest BCUT2D eigenvalue weighted by atomic mass is 10.2. The van der Waals surface area contributed by atoms with Gasteiger partial charge in [-0.05, 0) is 31.4 Å². The Morgan fingerprint density at radius 3 is 3.06 bits per heavy atom. The van der Waals surface area contributed by atoms with Crippen LogP contribution in [0.25, 0.3) is 10.2 Å². The average Bonchev–Trinajstić information content (AvgIpc) is 2.94. The van der Waals surface area contributed by atoms with Crippen LogP contribution in [0.15, 0.2) is 24.3 Å². The second-order valence-electron chi connectivity index (χ2n) is 4.44. The van der Waals surface area contributed by atoms with E-state index < -0.39 is 0 Å². The first-order valence-corrected chi connectivity index (χ1v) is 6.83. The highest BCUT2D eigenvalue weighted by molar-refractivity contribution is 7.22. The summed E-state index contributed by atoms with van der Waals surface area (Å²) in [5, 5.41) is 4.53. The summed E-state index contributed by atoms with van der Waals surface area (Å²) in [6.07, 6.45) is 3.90. The van der Waals surface area contributed by atoms with Gasteiger partial charge in [0.25, 0.3) is 0 Å². The number of para-hydroxylation sites is 1. The van der Waals surface area contributed by atoms with E-state index >= 15 is 0 Å². The van der Waals surface area contributed by atoms with E-state index in [1.54, 1.807) is 18.4 Å². The van der Waals surface area contributed by atoms with E-state index in [4.69, 9.17) is 4.74 Å². The zero-order chi connectivity index (χ0) is 11.7. The molecule has 0 saturated heterocycles. The Balaban J connectivity index is 1.80. The number of methoxy groups -OCH3 is 1. The van der Waals surface area contributed by atoms with Gasteiger partial charge in [0.15, 0.2) is 5.13 Å². The van der Waals surface area contributed by atoms with Crippen molar-refractivity contribution in [2.75, 3.05) is 12.4 Å². The fourth-order valence-corrected chi connectivity index (χ4v) is 3.39. The molecule has 0 radical (unpaired) electrons. The number of hydrogen-bond donors (Lipinski definition) is 1. The number of aromatic nitrogens is 1. The predicted molar refractivity (Wildman–Crippen MR) is 71.7 cm³/mol. The molecule has 0 amide bonds. The fourth-order valence-electron chi connectivity index (χ4n) is 2.47. The molecule has 1 aromatic carbocycles. The minimum Gasteiger partial charge on any atom is -0.379 e.